The number of aromatic nitrogens is 3. The third-order valence-electron chi connectivity index (χ3n) is 2.90. The first-order chi connectivity index (χ1) is 8.72. The van der Waals surface area contributed by atoms with Crippen LogP contribution in [0.4, 0.5) is 0 Å². The monoisotopic (exact) mass is 253 g/mol. The maximum Gasteiger partial charge on any atom is 0.220 e. The summed E-state index contributed by atoms with van der Waals surface area (Å²) in [6.07, 6.45) is 5.66. The molecule has 0 radical (unpaired) electrons. The lowest BCUT2D eigenvalue weighted by Crippen LogP contribution is -2.25. The van der Waals surface area contributed by atoms with Crippen molar-refractivity contribution >= 4 is 5.91 Å². The maximum atomic E-state index is 11.5. The van der Waals surface area contributed by atoms with Crippen LogP contribution in [0.2, 0.25) is 0 Å². The number of nitrogens with zero attached hydrogens (tertiary/aromatic N) is 2. The second kappa shape index (κ2) is 8.63. The van der Waals surface area contributed by atoms with Crippen molar-refractivity contribution in [3.63, 3.8) is 0 Å². The molecule has 0 fully saturated rings. The molecule has 0 aliphatic rings. The van der Waals surface area contributed by atoms with Crippen LogP contribution in [0, 0.1) is 5.92 Å². The van der Waals surface area contributed by atoms with Crippen molar-refractivity contribution in [3.8, 4) is 0 Å². The number of carbonyl (C=O) groups is 1. The van der Waals surface area contributed by atoms with Crippen LogP contribution in [0.1, 0.15) is 38.4 Å². The van der Waals surface area contributed by atoms with E-state index < -0.39 is 0 Å². The van der Waals surface area contributed by atoms with E-state index in [9.17, 15) is 4.79 Å². The largest absolute Gasteiger partial charge is 0.356 e. The molecule has 0 saturated heterocycles. The van der Waals surface area contributed by atoms with Crippen LogP contribution < -0.4 is 11.1 Å². The fourth-order valence-corrected chi connectivity index (χ4v) is 1.73. The zero-order chi connectivity index (χ0) is 13.2. The molecular weight excluding hydrogens is 230 g/mol. The number of carbonyl (C=O) groups excluding carboxylic acids is 1. The van der Waals surface area contributed by atoms with Crippen LogP contribution in [0.5, 0.6) is 0 Å². The van der Waals surface area contributed by atoms with Crippen LogP contribution in [0.15, 0.2) is 6.33 Å². The van der Waals surface area contributed by atoms with Gasteiger partial charge in [-0.1, -0.05) is 6.92 Å². The molecule has 0 aliphatic carbocycles. The predicted molar refractivity (Wildman–Crippen MR) is 69.8 cm³/mol. The second-order valence-electron chi connectivity index (χ2n) is 4.61. The molecule has 0 spiro atoms. The lowest BCUT2D eigenvalue weighted by atomic mass is 10.0. The number of amides is 1. The summed E-state index contributed by atoms with van der Waals surface area (Å²) in [6.45, 7) is 3.51. The number of hydrogen-bond donors (Lipinski definition) is 3. The number of hydrogen-bond acceptors (Lipinski definition) is 4. The molecule has 4 N–H and O–H groups in total. The second-order valence-corrected chi connectivity index (χ2v) is 4.61. The zero-order valence-electron chi connectivity index (χ0n) is 11.0. The quantitative estimate of drug-likeness (QED) is 0.562. The minimum Gasteiger partial charge on any atom is -0.356 e. The topological polar surface area (TPSA) is 96.7 Å². The standard InChI is InChI=1S/C12H23N5O/c1-10(6-7-13)4-5-12(18)14-8-2-3-11-15-9-16-17-11/h9-10H,2-8,13H2,1H3,(H,14,18)(H,15,16,17). The van der Waals surface area contributed by atoms with Crippen LogP contribution in [0.3, 0.4) is 0 Å². The van der Waals surface area contributed by atoms with E-state index in [0.717, 1.165) is 31.5 Å². The Morgan fingerprint density at radius 2 is 2.39 bits per heavy atom. The van der Waals surface area contributed by atoms with Gasteiger partial charge in [-0.05, 0) is 31.7 Å². The number of nitrogens with one attached hydrogen (secondary N) is 2. The molecule has 0 saturated carbocycles. The zero-order valence-corrected chi connectivity index (χ0v) is 11.0. The Morgan fingerprint density at radius 1 is 1.56 bits per heavy atom. The molecule has 102 valence electrons. The Balaban J connectivity index is 1.99. The van der Waals surface area contributed by atoms with Gasteiger partial charge >= 0.3 is 0 Å². The highest BCUT2D eigenvalue weighted by Gasteiger charge is 2.05. The van der Waals surface area contributed by atoms with Gasteiger partial charge < -0.3 is 11.1 Å². The van der Waals surface area contributed by atoms with Gasteiger partial charge in [0.05, 0.1) is 0 Å². The number of rotatable bonds is 9. The average Bonchev–Trinajstić information content (AvgIpc) is 2.85. The number of H-pyrrole nitrogens is 1. The van der Waals surface area contributed by atoms with E-state index in [1.165, 1.54) is 6.33 Å². The van der Waals surface area contributed by atoms with E-state index in [2.05, 4.69) is 27.4 Å². The number of nitrogens with two attached hydrogens (primary N) is 1. The van der Waals surface area contributed by atoms with Crippen molar-refractivity contribution in [2.75, 3.05) is 13.1 Å². The van der Waals surface area contributed by atoms with Crippen molar-refractivity contribution in [1.29, 1.82) is 0 Å². The van der Waals surface area contributed by atoms with Gasteiger partial charge in [-0.15, -0.1) is 0 Å². The molecule has 1 aromatic heterocycles. The van der Waals surface area contributed by atoms with Crippen LogP contribution in [0.25, 0.3) is 0 Å². The van der Waals surface area contributed by atoms with E-state index in [0.29, 0.717) is 25.4 Å². The molecule has 1 aromatic rings. The molecule has 18 heavy (non-hydrogen) atoms. The summed E-state index contributed by atoms with van der Waals surface area (Å²) in [5.74, 6) is 1.51. The summed E-state index contributed by atoms with van der Waals surface area (Å²) < 4.78 is 0. The van der Waals surface area contributed by atoms with Crippen molar-refractivity contribution < 1.29 is 4.79 Å². The lowest BCUT2D eigenvalue weighted by Gasteiger charge is -2.09. The molecule has 1 rings (SSSR count). The fraction of sp³-hybridized carbons (Fsp3) is 0.750. The summed E-state index contributed by atoms with van der Waals surface area (Å²) in [6, 6.07) is 0. The minimum absolute atomic E-state index is 0.122. The van der Waals surface area contributed by atoms with Gasteiger partial charge in [0.2, 0.25) is 5.91 Å². The minimum atomic E-state index is 0.122. The van der Waals surface area contributed by atoms with Gasteiger partial charge in [0.15, 0.2) is 0 Å². The molecule has 1 heterocycles. The maximum absolute atomic E-state index is 11.5. The summed E-state index contributed by atoms with van der Waals surface area (Å²) in [5.41, 5.74) is 5.47. The van der Waals surface area contributed by atoms with Gasteiger partial charge in [-0.2, -0.15) is 5.10 Å². The van der Waals surface area contributed by atoms with Crippen molar-refractivity contribution in [2.45, 2.75) is 39.0 Å². The highest BCUT2D eigenvalue weighted by atomic mass is 16.1. The summed E-state index contributed by atoms with van der Waals surface area (Å²) >= 11 is 0. The molecule has 1 unspecified atom stereocenters. The van der Waals surface area contributed by atoms with Crippen LogP contribution in [-0.4, -0.2) is 34.2 Å². The fourth-order valence-electron chi connectivity index (χ4n) is 1.73. The smallest absolute Gasteiger partial charge is 0.220 e. The Kier molecular flexibility index (Phi) is 7.01. The molecule has 1 atom stereocenters. The first-order valence-electron chi connectivity index (χ1n) is 6.53. The third-order valence-corrected chi connectivity index (χ3v) is 2.90. The Morgan fingerprint density at radius 3 is 3.06 bits per heavy atom. The average molecular weight is 253 g/mol. The molecular formula is C12H23N5O. The van der Waals surface area contributed by atoms with Crippen LogP contribution >= 0.6 is 0 Å². The van der Waals surface area contributed by atoms with Crippen molar-refractivity contribution in [1.82, 2.24) is 20.5 Å². The molecule has 6 nitrogen and oxygen atoms in total. The van der Waals surface area contributed by atoms with Crippen LogP contribution in [-0.2, 0) is 11.2 Å². The number of aromatic amines is 1. The molecule has 0 aliphatic heterocycles. The first kappa shape index (κ1) is 14.6. The molecule has 1 amide bonds. The number of aryl methyl sites for hydroxylation is 1. The van der Waals surface area contributed by atoms with Gasteiger partial charge in [-0.3, -0.25) is 9.89 Å². The highest BCUT2D eigenvalue weighted by molar-refractivity contribution is 5.75. The third kappa shape index (κ3) is 6.34. The Bertz CT molecular complexity index is 325. The summed E-state index contributed by atoms with van der Waals surface area (Å²) in [7, 11) is 0. The van der Waals surface area contributed by atoms with Crippen molar-refractivity contribution in [3.05, 3.63) is 12.2 Å². The van der Waals surface area contributed by atoms with E-state index in [4.69, 9.17) is 5.73 Å². The van der Waals surface area contributed by atoms with Gasteiger partial charge in [-0.25, -0.2) is 4.98 Å². The Hall–Kier alpha value is -1.43. The van der Waals surface area contributed by atoms with E-state index in [1.54, 1.807) is 0 Å². The van der Waals surface area contributed by atoms with E-state index >= 15 is 0 Å². The van der Waals surface area contributed by atoms with E-state index in [-0.39, 0.29) is 5.91 Å². The van der Waals surface area contributed by atoms with E-state index in [1.807, 2.05) is 0 Å². The first-order valence-corrected chi connectivity index (χ1v) is 6.53. The molecule has 0 bridgehead atoms. The Labute approximate surface area is 108 Å². The molecule has 6 heteroatoms. The highest BCUT2D eigenvalue weighted by Crippen LogP contribution is 2.08. The van der Waals surface area contributed by atoms with Gasteiger partial charge in [0.1, 0.15) is 12.2 Å². The summed E-state index contributed by atoms with van der Waals surface area (Å²) in [4.78, 5) is 15.6. The summed E-state index contributed by atoms with van der Waals surface area (Å²) in [5, 5.41) is 9.47. The van der Waals surface area contributed by atoms with Crippen molar-refractivity contribution in [2.24, 2.45) is 11.7 Å². The SMILES string of the molecule is CC(CCN)CCC(=O)NCCCc1ncn[nH]1. The van der Waals surface area contributed by atoms with Gasteiger partial charge in [0.25, 0.3) is 0 Å². The molecule has 0 aromatic carbocycles. The predicted octanol–water partition coefficient (Wildman–Crippen LogP) is 0.619. The normalized spacial score (nSPS) is 12.3. The lowest BCUT2D eigenvalue weighted by molar-refractivity contribution is -0.121. The van der Waals surface area contributed by atoms with Gasteiger partial charge in [0, 0.05) is 19.4 Å².